The molecule has 0 spiro atoms. The fraction of sp³-hybridized carbons (Fsp3) is 0.312. The molecule has 0 aliphatic heterocycles. The fourth-order valence-electron chi connectivity index (χ4n) is 2.16. The van der Waals surface area contributed by atoms with Crippen molar-refractivity contribution in [3.05, 3.63) is 57.8 Å². The van der Waals surface area contributed by atoms with Gasteiger partial charge in [0.05, 0.1) is 18.3 Å². The first-order valence-corrected chi connectivity index (χ1v) is 7.64. The van der Waals surface area contributed by atoms with Crippen LogP contribution in [0.3, 0.4) is 0 Å². The lowest BCUT2D eigenvalue weighted by Gasteiger charge is -2.19. The molecule has 2 rings (SSSR count). The van der Waals surface area contributed by atoms with E-state index < -0.39 is 0 Å². The predicted molar refractivity (Wildman–Crippen MR) is 88.0 cm³/mol. The molecule has 2 aromatic rings. The Morgan fingerprint density at radius 3 is 2.57 bits per heavy atom. The molecule has 1 atom stereocenters. The van der Waals surface area contributed by atoms with E-state index in [0.29, 0.717) is 0 Å². The molecule has 0 saturated carbocycles. The van der Waals surface area contributed by atoms with E-state index in [1.54, 1.807) is 12.4 Å². The van der Waals surface area contributed by atoms with E-state index in [0.717, 1.165) is 26.9 Å². The second kappa shape index (κ2) is 7.02. The zero-order valence-corrected chi connectivity index (χ0v) is 14.0. The smallest absolute Gasteiger partial charge is 0.138 e. The van der Waals surface area contributed by atoms with Gasteiger partial charge in [0.1, 0.15) is 5.75 Å². The predicted octanol–water partition coefficient (Wildman–Crippen LogP) is 3.49. The number of ether oxygens (including phenoxy) is 1. The Morgan fingerprint density at radius 1 is 1.19 bits per heavy atom. The van der Waals surface area contributed by atoms with Crippen molar-refractivity contribution < 1.29 is 4.74 Å². The van der Waals surface area contributed by atoms with Crippen LogP contribution in [0.1, 0.15) is 36.6 Å². The molecule has 112 valence electrons. The highest BCUT2D eigenvalue weighted by Crippen LogP contribution is 2.27. The molecule has 5 heteroatoms. The minimum Gasteiger partial charge on any atom is -0.489 e. The number of nitrogens with zero attached hydrogens (tertiary/aromatic N) is 1. The molecule has 3 N–H and O–H groups in total. The Labute approximate surface area is 133 Å². The van der Waals surface area contributed by atoms with Gasteiger partial charge < -0.3 is 4.74 Å². The number of aryl methyl sites for hydroxylation is 1. The topological polar surface area (TPSA) is 60.2 Å². The standard InChI is InChI=1S/C16H20BrN3O/c1-10(2)21-14-7-13(8-19-9-14)16(20-18)12-4-5-15(17)11(3)6-12/h4-10,16,20H,18H2,1-3H3. The molecule has 0 aliphatic carbocycles. The molecule has 1 aromatic heterocycles. The van der Waals surface area contributed by atoms with Gasteiger partial charge in [-0.25, -0.2) is 5.43 Å². The Bertz CT molecular complexity index is 616. The largest absolute Gasteiger partial charge is 0.489 e. The highest BCUT2D eigenvalue weighted by atomic mass is 79.9. The van der Waals surface area contributed by atoms with Crippen molar-refractivity contribution in [2.75, 3.05) is 0 Å². The summed E-state index contributed by atoms with van der Waals surface area (Å²) in [6.45, 7) is 6.03. The molecular weight excluding hydrogens is 330 g/mol. The summed E-state index contributed by atoms with van der Waals surface area (Å²) in [5, 5.41) is 0. The SMILES string of the molecule is Cc1cc(C(NN)c2cncc(OC(C)C)c2)ccc1Br. The lowest BCUT2D eigenvalue weighted by molar-refractivity contribution is 0.241. The van der Waals surface area contributed by atoms with Crippen LogP contribution in [0.5, 0.6) is 5.75 Å². The lowest BCUT2D eigenvalue weighted by Crippen LogP contribution is -2.29. The summed E-state index contributed by atoms with van der Waals surface area (Å²) in [7, 11) is 0. The molecule has 0 fully saturated rings. The Balaban J connectivity index is 2.34. The van der Waals surface area contributed by atoms with Crippen molar-refractivity contribution in [2.24, 2.45) is 5.84 Å². The third-order valence-corrected chi connectivity index (χ3v) is 4.01. The van der Waals surface area contributed by atoms with Gasteiger partial charge in [-0.1, -0.05) is 28.1 Å². The van der Waals surface area contributed by atoms with Crippen LogP contribution in [-0.2, 0) is 0 Å². The van der Waals surface area contributed by atoms with Gasteiger partial charge in [0, 0.05) is 10.7 Å². The number of aromatic nitrogens is 1. The molecule has 0 radical (unpaired) electrons. The summed E-state index contributed by atoms with van der Waals surface area (Å²) in [6.07, 6.45) is 3.63. The zero-order chi connectivity index (χ0) is 15.4. The molecule has 1 unspecified atom stereocenters. The maximum Gasteiger partial charge on any atom is 0.138 e. The van der Waals surface area contributed by atoms with Gasteiger partial charge in [0.2, 0.25) is 0 Å². The van der Waals surface area contributed by atoms with Gasteiger partial charge in [-0.05, 0) is 49.6 Å². The number of halogens is 1. The van der Waals surface area contributed by atoms with E-state index in [9.17, 15) is 0 Å². The summed E-state index contributed by atoms with van der Waals surface area (Å²) in [5.41, 5.74) is 6.07. The van der Waals surface area contributed by atoms with Gasteiger partial charge >= 0.3 is 0 Å². The van der Waals surface area contributed by atoms with Crippen molar-refractivity contribution in [1.29, 1.82) is 0 Å². The average Bonchev–Trinajstić information content (AvgIpc) is 2.43. The third-order valence-electron chi connectivity index (χ3n) is 3.12. The number of hydrazine groups is 1. The molecule has 0 saturated heterocycles. The number of nitrogens with one attached hydrogen (secondary N) is 1. The summed E-state index contributed by atoms with van der Waals surface area (Å²) in [6, 6.07) is 8.01. The highest BCUT2D eigenvalue weighted by molar-refractivity contribution is 9.10. The van der Waals surface area contributed by atoms with E-state index in [4.69, 9.17) is 10.6 Å². The quantitative estimate of drug-likeness (QED) is 0.640. The third kappa shape index (κ3) is 4.03. The van der Waals surface area contributed by atoms with Crippen LogP contribution in [0.15, 0.2) is 41.1 Å². The normalized spacial score (nSPS) is 12.5. The van der Waals surface area contributed by atoms with Crippen LogP contribution >= 0.6 is 15.9 Å². The number of hydrogen-bond donors (Lipinski definition) is 2. The van der Waals surface area contributed by atoms with Crippen LogP contribution in [-0.4, -0.2) is 11.1 Å². The first kappa shape index (κ1) is 15.9. The first-order chi connectivity index (χ1) is 10.0. The number of nitrogens with two attached hydrogens (primary N) is 1. The van der Waals surface area contributed by atoms with Gasteiger partial charge in [-0.15, -0.1) is 0 Å². The lowest BCUT2D eigenvalue weighted by atomic mass is 9.99. The average molecular weight is 350 g/mol. The van der Waals surface area contributed by atoms with Crippen molar-refractivity contribution in [3.63, 3.8) is 0 Å². The molecule has 0 bridgehead atoms. The Hall–Kier alpha value is -1.43. The number of benzene rings is 1. The molecule has 1 heterocycles. The zero-order valence-electron chi connectivity index (χ0n) is 12.4. The maximum atomic E-state index is 5.75. The van der Waals surface area contributed by atoms with Crippen molar-refractivity contribution in [1.82, 2.24) is 10.4 Å². The van der Waals surface area contributed by atoms with Gasteiger partial charge in [0.15, 0.2) is 0 Å². The van der Waals surface area contributed by atoms with Crippen molar-refractivity contribution in [2.45, 2.75) is 32.9 Å². The van der Waals surface area contributed by atoms with Crippen LogP contribution in [0, 0.1) is 6.92 Å². The fourth-order valence-corrected chi connectivity index (χ4v) is 2.41. The van der Waals surface area contributed by atoms with Crippen LogP contribution in [0.25, 0.3) is 0 Å². The Morgan fingerprint density at radius 2 is 1.95 bits per heavy atom. The van der Waals surface area contributed by atoms with Crippen molar-refractivity contribution in [3.8, 4) is 5.75 Å². The number of pyridine rings is 1. The minimum absolute atomic E-state index is 0.112. The van der Waals surface area contributed by atoms with E-state index >= 15 is 0 Å². The van der Waals surface area contributed by atoms with Crippen LogP contribution in [0.4, 0.5) is 0 Å². The second-order valence-corrected chi connectivity index (χ2v) is 6.08. The van der Waals surface area contributed by atoms with Crippen molar-refractivity contribution >= 4 is 15.9 Å². The highest BCUT2D eigenvalue weighted by Gasteiger charge is 2.14. The van der Waals surface area contributed by atoms with Crippen LogP contribution in [0.2, 0.25) is 0 Å². The Kier molecular flexibility index (Phi) is 5.33. The molecule has 0 aliphatic rings. The summed E-state index contributed by atoms with van der Waals surface area (Å²) in [4.78, 5) is 4.24. The van der Waals surface area contributed by atoms with Gasteiger partial charge in [-0.2, -0.15) is 0 Å². The van der Waals surface area contributed by atoms with E-state index in [1.165, 1.54) is 0 Å². The summed E-state index contributed by atoms with van der Waals surface area (Å²) >= 11 is 3.51. The molecular formula is C16H20BrN3O. The molecule has 4 nitrogen and oxygen atoms in total. The maximum absolute atomic E-state index is 5.75. The number of rotatable bonds is 5. The van der Waals surface area contributed by atoms with Gasteiger partial charge in [0.25, 0.3) is 0 Å². The van der Waals surface area contributed by atoms with E-state index in [-0.39, 0.29) is 12.1 Å². The number of hydrogen-bond acceptors (Lipinski definition) is 4. The summed E-state index contributed by atoms with van der Waals surface area (Å²) < 4.78 is 6.77. The monoisotopic (exact) mass is 349 g/mol. The van der Waals surface area contributed by atoms with Crippen LogP contribution < -0.4 is 16.0 Å². The molecule has 21 heavy (non-hydrogen) atoms. The molecule has 0 amide bonds. The minimum atomic E-state index is -0.125. The first-order valence-electron chi connectivity index (χ1n) is 6.85. The molecule has 1 aromatic carbocycles. The van der Waals surface area contributed by atoms with E-state index in [1.807, 2.05) is 32.0 Å². The van der Waals surface area contributed by atoms with Gasteiger partial charge in [-0.3, -0.25) is 10.8 Å². The van der Waals surface area contributed by atoms with E-state index in [2.05, 4.69) is 39.3 Å². The summed E-state index contributed by atoms with van der Waals surface area (Å²) in [5.74, 6) is 6.49. The second-order valence-electron chi connectivity index (χ2n) is 5.23.